The van der Waals surface area contributed by atoms with E-state index in [9.17, 15) is 19.5 Å². The van der Waals surface area contributed by atoms with Crippen LogP contribution in [0.15, 0.2) is 41.3 Å². The van der Waals surface area contributed by atoms with Gasteiger partial charge in [-0.2, -0.15) is 0 Å². The number of aryl methyl sites for hydroxylation is 1. The normalized spacial score (nSPS) is 15.0. The zero-order valence-electron chi connectivity index (χ0n) is 15.5. The van der Waals surface area contributed by atoms with Crippen LogP contribution >= 0.6 is 0 Å². The molecule has 1 aliphatic heterocycles. The van der Waals surface area contributed by atoms with E-state index < -0.39 is 11.5 Å². The second-order valence-electron chi connectivity index (χ2n) is 6.88. The topological polar surface area (TPSA) is 82.9 Å². The highest BCUT2D eigenvalue weighted by Gasteiger charge is 2.19. The Balaban J connectivity index is 1.76. The Kier molecular flexibility index (Phi) is 5.41. The van der Waals surface area contributed by atoms with Gasteiger partial charge in [0.15, 0.2) is 0 Å². The molecule has 1 aliphatic rings. The average Bonchev–Trinajstić information content (AvgIpc) is 2.63. The first-order valence-electron chi connectivity index (χ1n) is 8.88. The number of carbonyl (C=O) groups excluding carboxylic acids is 1. The first-order chi connectivity index (χ1) is 12.9. The van der Waals surface area contributed by atoms with Gasteiger partial charge in [0.05, 0.1) is 6.42 Å². The number of hydrogen-bond donors (Lipinski definition) is 1. The van der Waals surface area contributed by atoms with E-state index in [0.717, 1.165) is 31.7 Å². The minimum absolute atomic E-state index is 0.0940. The largest absolute Gasteiger partial charge is 0.477 e. The molecule has 0 saturated carbocycles. The third-order valence-corrected chi connectivity index (χ3v) is 4.94. The molecule has 2 aromatic rings. The van der Waals surface area contributed by atoms with E-state index in [1.54, 1.807) is 43.5 Å². The van der Waals surface area contributed by atoms with Crippen LogP contribution in [0.1, 0.15) is 21.5 Å². The molecule has 2 heterocycles. The molecular weight excluding hydrogens is 346 g/mol. The van der Waals surface area contributed by atoms with E-state index in [2.05, 4.69) is 4.90 Å². The fourth-order valence-corrected chi connectivity index (χ4v) is 3.21. The van der Waals surface area contributed by atoms with Gasteiger partial charge in [0.1, 0.15) is 5.56 Å². The number of piperazine rings is 1. The fourth-order valence-electron chi connectivity index (χ4n) is 3.21. The van der Waals surface area contributed by atoms with Crippen LogP contribution in [-0.4, -0.2) is 64.6 Å². The maximum absolute atomic E-state index is 12.4. The number of benzene rings is 1. The molecule has 0 unspecified atom stereocenters. The van der Waals surface area contributed by atoms with Crippen molar-refractivity contribution in [2.24, 2.45) is 0 Å². The smallest absolute Gasteiger partial charge is 0.341 e. The van der Waals surface area contributed by atoms with E-state index in [1.165, 1.54) is 4.57 Å². The second-order valence-corrected chi connectivity index (χ2v) is 6.88. The van der Waals surface area contributed by atoms with Gasteiger partial charge in [-0.3, -0.25) is 14.2 Å². The Labute approximate surface area is 157 Å². The van der Waals surface area contributed by atoms with Gasteiger partial charge in [0.25, 0.3) is 5.56 Å². The van der Waals surface area contributed by atoms with Gasteiger partial charge in [-0.1, -0.05) is 12.1 Å². The molecule has 1 saturated heterocycles. The van der Waals surface area contributed by atoms with Gasteiger partial charge < -0.3 is 14.9 Å². The van der Waals surface area contributed by atoms with E-state index in [4.69, 9.17) is 0 Å². The summed E-state index contributed by atoms with van der Waals surface area (Å²) in [5.74, 6) is -1.14. The predicted octanol–water partition coefficient (Wildman–Crippen LogP) is 1.16. The molecule has 1 aromatic heterocycles. The number of likely N-dealkylation sites (N-methyl/N-ethyl adjacent to an activating group) is 1. The number of carboxylic acid groups (broad SMARTS) is 1. The van der Waals surface area contributed by atoms with Crippen molar-refractivity contribution in [2.75, 3.05) is 33.2 Å². The SMILES string of the molecule is Cc1ccn(-c2ccc(CC(=O)N3CCN(C)CC3)cc2)c(=O)c1C(=O)O. The first-order valence-corrected chi connectivity index (χ1v) is 8.88. The number of hydrogen-bond acceptors (Lipinski definition) is 4. The zero-order chi connectivity index (χ0) is 19.6. The van der Waals surface area contributed by atoms with Crippen LogP contribution in [0.5, 0.6) is 0 Å². The maximum atomic E-state index is 12.4. The lowest BCUT2D eigenvalue weighted by Gasteiger charge is -2.32. The molecule has 0 spiro atoms. The fraction of sp³-hybridized carbons (Fsp3) is 0.350. The molecule has 142 valence electrons. The van der Waals surface area contributed by atoms with Crippen LogP contribution in [0, 0.1) is 6.92 Å². The van der Waals surface area contributed by atoms with E-state index in [1.807, 2.05) is 11.9 Å². The van der Waals surface area contributed by atoms with Crippen molar-refractivity contribution in [3.63, 3.8) is 0 Å². The number of carbonyl (C=O) groups is 2. The number of carboxylic acids is 1. The lowest BCUT2D eigenvalue weighted by molar-refractivity contribution is -0.132. The maximum Gasteiger partial charge on any atom is 0.341 e. The quantitative estimate of drug-likeness (QED) is 0.875. The standard InChI is InChI=1S/C20H23N3O4/c1-14-7-8-23(19(25)18(14)20(26)27)16-5-3-15(4-6-16)13-17(24)22-11-9-21(2)10-12-22/h3-8H,9-13H2,1-2H3,(H,26,27). The molecule has 1 aromatic carbocycles. The minimum atomic E-state index is -1.23. The van der Waals surface area contributed by atoms with Crippen LogP contribution in [0.4, 0.5) is 0 Å². The van der Waals surface area contributed by atoms with Crippen molar-refractivity contribution >= 4 is 11.9 Å². The van der Waals surface area contributed by atoms with Gasteiger partial charge >= 0.3 is 5.97 Å². The van der Waals surface area contributed by atoms with Gasteiger partial charge in [0, 0.05) is 38.1 Å². The monoisotopic (exact) mass is 369 g/mol. The first kappa shape index (κ1) is 18.8. The van der Waals surface area contributed by atoms with Crippen LogP contribution < -0.4 is 5.56 Å². The number of aromatic carboxylic acids is 1. The molecule has 7 heteroatoms. The summed E-state index contributed by atoms with van der Waals surface area (Å²) in [7, 11) is 2.04. The molecule has 3 rings (SSSR count). The third-order valence-electron chi connectivity index (χ3n) is 4.94. The Morgan fingerprint density at radius 2 is 1.67 bits per heavy atom. The average molecular weight is 369 g/mol. The number of aromatic nitrogens is 1. The molecule has 0 bridgehead atoms. The lowest BCUT2D eigenvalue weighted by Crippen LogP contribution is -2.47. The van der Waals surface area contributed by atoms with Crippen LogP contribution in [-0.2, 0) is 11.2 Å². The summed E-state index contributed by atoms with van der Waals surface area (Å²) < 4.78 is 1.31. The molecule has 1 amide bonds. The number of nitrogens with zero attached hydrogens (tertiary/aromatic N) is 3. The number of pyridine rings is 1. The highest BCUT2D eigenvalue weighted by molar-refractivity contribution is 5.88. The van der Waals surface area contributed by atoms with Crippen LogP contribution in [0.3, 0.4) is 0 Å². The van der Waals surface area contributed by atoms with Crippen LogP contribution in [0.25, 0.3) is 5.69 Å². The molecule has 1 fully saturated rings. The molecule has 7 nitrogen and oxygen atoms in total. The van der Waals surface area contributed by atoms with Gasteiger partial charge in [-0.05, 0) is 43.3 Å². The van der Waals surface area contributed by atoms with Gasteiger partial charge in [-0.15, -0.1) is 0 Å². The minimum Gasteiger partial charge on any atom is -0.477 e. The molecule has 27 heavy (non-hydrogen) atoms. The van der Waals surface area contributed by atoms with Crippen molar-refractivity contribution in [2.45, 2.75) is 13.3 Å². The Morgan fingerprint density at radius 3 is 2.26 bits per heavy atom. The summed E-state index contributed by atoms with van der Waals surface area (Å²) in [4.78, 5) is 40.3. The molecule has 0 aliphatic carbocycles. The molecular formula is C20H23N3O4. The zero-order valence-corrected chi connectivity index (χ0v) is 15.5. The van der Waals surface area contributed by atoms with Crippen molar-refractivity contribution in [1.29, 1.82) is 0 Å². The second kappa shape index (κ2) is 7.75. The third kappa shape index (κ3) is 4.09. The molecule has 0 radical (unpaired) electrons. The summed E-state index contributed by atoms with van der Waals surface area (Å²) in [6.45, 7) is 4.84. The van der Waals surface area contributed by atoms with Crippen molar-refractivity contribution in [3.8, 4) is 5.69 Å². The van der Waals surface area contributed by atoms with Crippen molar-refractivity contribution in [3.05, 3.63) is 63.6 Å². The molecule has 1 N–H and O–H groups in total. The summed E-state index contributed by atoms with van der Waals surface area (Å²) >= 11 is 0. The van der Waals surface area contributed by atoms with E-state index in [0.29, 0.717) is 17.7 Å². The summed E-state index contributed by atoms with van der Waals surface area (Å²) in [5, 5.41) is 9.24. The Morgan fingerprint density at radius 1 is 1.04 bits per heavy atom. The molecule has 0 atom stereocenters. The van der Waals surface area contributed by atoms with Crippen molar-refractivity contribution in [1.82, 2.24) is 14.4 Å². The van der Waals surface area contributed by atoms with Gasteiger partial charge in [-0.25, -0.2) is 4.79 Å². The highest BCUT2D eigenvalue weighted by Crippen LogP contribution is 2.12. The van der Waals surface area contributed by atoms with Crippen molar-refractivity contribution < 1.29 is 14.7 Å². The van der Waals surface area contributed by atoms with E-state index >= 15 is 0 Å². The van der Waals surface area contributed by atoms with Crippen LogP contribution in [0.2, 0.25) is 0 Å². The Bertz CT molecular complexity index is 910. The highest BCUT2D eigenvalue weighted by atomic mass is 16.4. The number of rotatable bonds is 4. The van der Waals surface area contributed by atoms with Gasteiger partial charge in [0.2, 0.25) is 5.91 Å². The summed E-state index contributed by atoms with van der Waals surface area (Å²) in [6, 6.07) is 8.67. The van der Waals surface area contributed by atoms with E-state index in [-0.39, 0.29) is 11.5 Å². The Hall–Kier alpha value is -2.93. The predicted molar refractivity (Wildman–Crippen MR) is 102 cm³/mol. The number of amides is 1. The summed E-state index contributed by atoms with van der Waals surface area (Å²) in [6.07, 6.45) is 1.88. The summed E-state index contributed by atoms with van der Waals surface area (Å²) in [5.41, 5.74) is 1.06. The lowest BCUT2D eigenvalue weighted by atomic mass is 10.1.